The molecule has 0 saturated carbocycles. The molecule has 0 aliphatic heterocycles. The highest BCUT2D eigenvalue weighted by molar-refractivity contribution is 7.15. The molecule has 0 bridgehead atoms. The van der Waals surface area contributed by atoms with Crippen molar-refractivity contribution in [3.8, 4) is 0 Å². The first kappa shape index (κ1) is 13.0. The van der Waals surface area contributed by atoms with E-state index in [1.165, 1.54) is 5.56 Å². The Morgan fingerprint density at radius 3 is 2.89 bits per heavy atom. The van der Waals surface area contributed by atoms with Gasteiger partial charge in [-0.3, -0.25) is 4.68 Å². The van der Waals surface area contributed by atoms with Gasteiger partial charge >= 0.3 is 0 Å². The summed E-state index contributed by atoms with van der Waals surface area (Å²) in [4.78, 5) is 0. The summed E-state index contributed by atoms with van der Waals surface area (Å²) in [6.45, 7) is 5.03. The molecule has 2 heterocycles. The van der Waals surface area contributed by atoms with E-state index < -0.39 is 0 Å². The van der Waals surface area contributed by atoms with E-state index in [4.69, 9.17) is 0 Å². The fraction of sp³-hybridized carbons (Fsp3) is 0.583. The van der Waals surface area contributed by atoms with Gasteiger partial charge in [0.1, 0.15) is 5.01 Å². The summed E-state index contributed by atoms with van der Waals surface area (Å²) in [6, 6.07) is 0. The minimum atomic E-state index is 0.762. The van der Waals surface area contributed by atoms with E-state index >= 15 is 0 Å². The first-order valence-electron chi connectivity index (χ1n) is 6.30. The molecule has 2 aromatic rings. The zero-order chi connectivity index (χ0) is 13.0. The topological polar surface area (TPSA) is 55.6 Å². The fourth-order valence-electron chi connectivity index (χ4n) is 1.84. The maximum absolute atomic E-state index is 4.42. The molecule has 5 nitrogen and oxygen atoms in total. The molecule has 0 aliphatic rings. The largest absolute Gasteiger partial charge is 0.356 e. The lowest BCUT2D eigenvalue weighted by Crippen LogP contribution is -2.00. The molecule has 2 rings (SSSR count). The predicted molar refractivity (Wildman–Crippen MR) is 73.8 cm³/mol. The predicted octanol–water partition coefficient (Wildman–Crippen LogP) is 2.40. The van der Waals surface area contributed by atoms with Crippen LogP contribution in [0.2, 0.25) is 0 Å². The molecule has 0 aromatic carbocycles. The second-order valence-corrected chi connectivity index (χ2v) is 5.29. The summed E-state index contributed by atoms with van der Waals surface area (Å²) in [5, 5.41) is 18.0. The Kier molecular flexibility index (Phi) is 4.30. The van der Waals surface area contributed by atoms with Gasteiger partial charge in [0.05, 0.1) is 5.69 Å². The van der Waals surface area contributed by atoms with Crippen LogP contribution in [0.15, 0.2) is 6.20 Å². The number of hydrogen-bond donors (Lipinski definition) is 1. The van der Waals surface area contributed by atoms with Gasteiger partial charge in [-0.05, 0) is 12.8 Å². The lowest BCUT2D eigenvalue weighted by atomic mass is 10.2. The molecule has 0 unspecified atom stereocenters. The first-order valence-corrected chi connectivity index (χ1v) is 7.12. The second kappa shape index (κ2) is 5.95. The molecule has 2 aromatic heterocycles. The molecule has 98 valence electrons. The third kappa shape index (κ3) is 3.07. The number of rotatable bonds is 6. The Morgan fingerprint density at radius 2 is 2.17 bits per heavy atom. The summed E-state index contributed by atoms with van der Waals surface area (Å²) in [6.07, 6.45) is 5.12. The molecular weight excluding hydrogens is 246 g/mol. The van der Waals surface area contributed by atoms with Gasteiger partial charge in [0.2, 0.25) is 5.13 Å². The van der Waals surface area contributed by atoms with E-state index in [1.54, 1.807) is 11.3 Å². The minimum Gasteiger partial charge on any atom is -0.356 e. The second-order valence-electron chi connectivity index (χ2n) is 4.23. The quantitative estimate of drug-likeness (QED) is 0.871. The Labute approximate surface area is 111 Å². The molecule has 0 radical (unpaired) electrons. The van der Waals surface area contributed by atoms with Crippen molar-refractivity contribution < 1.29 is 0 Å². The van der Waals surface area contributed by atoms with Crippen molar-refractivity contribution >= 4 is 16.5 Å². The summed E-state index contributed by atoms with van der Waals surface area (Å²) < 4.78 is 1.86. The van der Waals surface area contributed by atoms with Crippen molar-refractivity contribution in [3.05, 3.63) is 22.5 Å². The smallest absolute Gasteiger partial charge is 0.205 e. The van der Waals surface area contributed by atoms with Crippen molar-refractivity contribution in [3.63, 3.8) is 0 Å². The average Bonchev–Trinajstić information content (AvgIpc) is 2.93. The van der Waals surface area contributed by atoms with Crippen LogP contribution in [0.3, 0.4) is 0 Å². The van der Waals surface area contributed by atoms with Crippen LogP contribution in [0.25, 0.3) is 0 Å². The van der Waals surface area contributed by atoms with Crippen molar-refractivity contribution in [1.82, 2.24) is 20.0 Å². The Hall–Kier alpha value is -1.43. The van der Waals surface area contributed by atoms with Crippen LogP contribution >= 0.6 is 11.3 Å². The average molecular weight is 265 g/mol. The van der Waals surface area contributed by atoms with Crippen LogP contribution in [0.4, 0.5) is 5.13 Å². The van der Waals surface area contributed by atoms with Gasteiger partial charge < -0.3 is 5.32 Å². The Balaban J connectivity index is 1.97. The molecular formula is C12H19N5S. The number of nitrogens with zero attached hydrogens (tertiary/aromatic N) is 4. The zero-order valence-corrected chi connectivity index (χ0v) is 11.9. The molecule has 0 amide bonds. The van der Waals surface area contributed by atoms with Crippen molar-refractivity contribution in [1.29, 1.82) is 0 Å². The zero-order valence-electron chi connectivity index (χ0n) is 11.1. The summed E-state index contributed by atoms with van der Waals surface area (Å²) in [5.74, 6) is 0. The third-order valence-electron chi connectivity index (χ3n) is 2.69. The highest BCUT2D eigenvalue weighted by Gasteiger charge is 2.07. The molecule has 0 aliphatic carbocycles. The van der Waals surface area contributed by atoms with E-state index in [2.05, 4.69) is 40.7 Å². The van der Waals surface area contributed by atoms with Crippen LogP contribution in [-0.4, -0.2) is 20.0 Å². The summed E-state index contributed by atoms with van der Waals surface area (Å²) in [5.41, 5.74) is 2.37. The van der Waals surface area contributed by atoms with Gasteiger partial charge in [-0.15, -0.1) is 10.2 Å². The van der Waals surface area contributed by atoms with Crippen LogP contribution in [-0.2, 0) is 26.4 Å². The van der Waals surface area contributed by atoms with Gasteiger partial charge in [0.15, 0.2) is 0 Å². The number of aryl methyl sites for hydroxylation is 3. The first-order chi connectivity index (χ1) is 8.72. The van der Waals surface area contributed by atoms with Gasteiger partial charge in [-0.2, -0.15) is 5.10 Å². The van der Waals surface area contributed by atoms with Crippen LogP contribution in [0.5, 0.6) is 0 Å². The van der Waals surface area contributed by atoms with Crippen LogP contribution in [0.1, 0.15) is 36.5 Å². The number of anilines is 1. The van der Waals surface area contributed by atoms with Crippen LogP contribution < -0.4 is 5.32 Å². The van der Waals surface area contributed by atoms with Crippen molar-refractivity contribution in [2.75, 3.05) is 5.32 Å². The third-order valence-corrected chi connectivity index (χ3v) is 3.63. The van der Waals surface area contributed by atoms with E-state index in [9.17, 15) is 0 Å². The Morgan fingerprint density at radius 1 is 1.33 bits per heavy atom. The highest BCUT2D eigenvalue weighted by Crippen LogP contribution is 2.18. The molecule has 0 atom stereocenters. The normalized spacial score (nSPS) is 10.8. The molecule has 0 fully saturated rings. The van der Waals surface area contributed by atoms with E-state index in [0.29, 0.717) is 0 Å². The lowest BCUT2D eigenvalue weighted by Gasteiger charge is -2.00. The van der Waals surface area contributed by atoms with Gasteiger partial charge in [0.25, 0.3) is 0 Å². The maximum Gasteiger partial charge on any atom is 0.205 e. The summed E-state index contributed by atoms with van der Waals surface area (Å²) >= 11 is 1.64. The van der Waals surface area contributed by atoms with Crippen molar-refractivity contribution in [2.45, 2.75) is 39.7 Å². The van der Waals surface area contributed by atoms with E-state index in [1.807, 2.05) is 11.7 Å². The molecule has 6 heteroatoms. The number of aromatic nitrogens is 4. The van der Waals surface area contributed by atoms with Gasteiger partial charge in [0, 0.05) is 31.8 Å². The van der Waals surface area contributed by atoms with Gasteiger partial charge in [-0.1, -0.05) is 25.2 Å². The van der Waals surface area contributed by atoms with E-state index in [-0.39, 0.29) is 0 Å². The highest BCUT2D eigenvalue weighted by atomic mass is 32.1. The monoisotopic (exact) mass is 265 g/mol. The Bertz CT molecular complexity index is 502. The maximum atomic E-state index is 4.42. The standard InChI is InChI=1S/C12H19N5S/c1-4-6-11-14-15-12(18-11)13-7-9-8-17(3)16-10(9)5-2/h8H,4-7H2,1-3H3,(H,13,15). The molecule has 18 heavy (non-hydrogen) atoms. The number of nitrogens with one attached hydrogen (secondary N) is 1. The van der Waals surface area contributed by atoms with Crippen LogP contribution in [0, 0.1) is 0 Å². The summed E-state index contributed by atoms with van der Waals surface area (Å²) in [7, 11) is 1.95. The van der Waals surface area contributed by atoms with Gasteiger partial charge in [-0.25, -0.2) is 0 Å². The van der Waals surface area contributed by atoms with Crippen molar-refractivity contribution in [2.24, 2.45) is 7.05 Å². The molecule has 0 saturated heterocycles. The SMILES string of the molecule is CCCc1nnc(NCc2cn(C)nc2CC)s1. The lowest BCUT2D eigenvalue weighted by molar-refractivity contribution is 0.746. The number of hydrogen-bond acceptors (Lipinski definition) is 5. The minimum absolute atomic E-state index is 0.762. The van der Waals surface area contributed by atoms with E-state index in [0.717, 1.165) is 41.6 Å². The molecule has 1 N–H and O–H groups in total. The molecule has 0 spiro atoms. The fourth-order valence-corrected chi connectivity index (χ4v) is 2.68.